The van der Waals surface area contributed by atoms with Crippen LogP contribution >= 0.6 is 0 Å². The Bertz CT molecular complexity index is 111. The van der Waals surface area contributed by atoms with E-state index in [4.69, 9.17) is 0 Å². The van der Waals surface area contributed by atoms with Gasteiger partial charge in [-0.15, -0.1) is 0 Å². The molecule has 0 aromatic rings. The van der Waals surface area contributed by atoms with Crippen molar-refractivity contribution < 1.29 is 0 Å². The van der Waals surface area contributed by atoms with Gasteiger partial charge in [-0.3, -0.25) is 0 Å². The van der Waals surface area contributed by atoms with E-state index >= 15 is 0 Å². The molecule has 4 heteroatoms. The molecule has 12 heavy (non-hydrogen) atoms. The van der Waals surface area contributed by atoms with Gasteiger partial charge in [-0.1, -0.05) is 0 Å². The Morgan fingerprint density at radius 1 is 0.750 bits per heavy atom. The van der Waals surface area contributed by atoms with Gasteiger partial charge in [0.2, 0.25) is 0 Å². The van der Waals surface area contributed by atoms with Crippen LogP contribution < -0.4 is 21.3 Å². The summed E-state index contributed by atoms with van der Waals surface area (Å²) in [6, 6.07) is 1.35. The highest BCUT2D eigenvalue weighted by Crippen LogP contribution is 2.06. The Labute approximate surface area is 73.5 Å². The summed E-state index contributed by atoms with van der Waals surface area (Å²) in [6.45, 7) is 4.25. The molecule has 2 saturated heterocycles. The minimum absolute atomic E-state index is 0.674. The monoisotopic (exact) mass is 170 g/mol. The first-order chi connectivity index (χ1) is 5.97. The van der Waals surface area contributed by atoms with Crippen LogP contribution in [0.3, 0.4) is 0 Å². The van der Waals surface area contributed by atoms with E-state index in [0.717, 1.165) is 26.4 Å². The summed E-state index contributed by atoms with van der Waals surface area (Å²) in [5.41, 5.74) is 0. The predicted octanol–water partition coefficient (Wildman–Crippen LogP) is -1.20. The standard InChI is InChI=1S/C8H18N4/c1-3-9-5-11-7(1)8-2-4-10-6-12-8/h7-12H,1-6H2. The summed E-state index contributed by atoms with van der Waals surface area (Å²) in [5.74, 6) is 0. The van der Waals surface area contributed by atoms with Crippen molar-refractivity contribution >= 4 is 0 Å². The maximum atomic E-state index is 3.49. The molecule has 0 aliphatic carbocycles. The summed E-state index contributed by atoms with van der Waals surface area (Å²) in [5, 5.41) is 13.6. The van der Waals surface area contributed by atoms with E-state index in [2.05, 4.69) is 21.3 Å². The maximum absolute atomic E-state index is 3.49. The van der Waals surface area contributed by atoms with Crippen molar-refractivity contribution in [2.75, 3.05) is 26.4 Å². The molecule has 2 atom stereocenters. The first-order valence-electron chi connectivity index (χ1n) is 4.85. The van der Waals surface area contributed by atoms with Crippen LogP contribution in [0.1, 0.15) is 12.8 Å². The topological polar surface area (TPSA) is 48.1 Å². The molecule has 4 nitrogen and oxygen atoms in total. The molecule has 0 aromatic carbocycles. The summed E-state index contributed by atoms with van der Waals surface area (Å²) >= 11 is 0. The van der Waals surface area contributed by atoms with Crippen LogP contribution in [0.5, 0.6) is 0 Å². The van der Waals surface area contributed by atoms with Gasteiger partial charge >= 0.3 is 0 Å². The Morgan fingerprint density at radius 3 is 1.58 bits per heavy atom. The molecular weight excluding hydrogens is 152 g/mol. The molecule has 2 unspecified atom stereocenters. The highest BCUT2D eigenvalue weighted by molar-refractivity contribution is 4.87. The van der Waals surface area contributed by atoms with Crippen LogP contribution in [0, 0.1) is 0 Å². The molecule has 2 aliphatic rings. The summed E-state index contributed by atoms with van der Waals surface area (Å²) in [4.78, 5) is 0. The molecule has 2 fully saturated rings. The van der Waals surface area contributed by atoms with Crippen LogP contribution in [0.2, 0.25) is 0 Å². The predicted molar refractivity (Wildman–Crippen MR) is 48.8 cm³/mol. The third-order valence-electron chi connectivity index (χ3n) is 2.73. The van der Waals surface area contributed by atoms with Crippen LogP contribution in [0.4, 0.5) is 0 Å². The van der Waals surface area contributed by atoms with Crippen molar-refractivity contribution in [1.82, 2.24) is 21.3 Å². The van der Waals surface area contributed by atoms with Gasteiger partial charge in [0.1, 0.15) is 0 Å². The second-order valence-corrected chi connectivity index (χ2v) is 3.55. The minimum Gasteiger partial charge on any atom is -0.304 e. The molecule has 70 valence electrons. The van der Waals surface area contributed by atoms with Crippen LogP contribution in [0.15, 0.2) is 0 Å². The molecule has 0 radical (unpaired) electrons. The largest absolute Gasteiger partial charge is 0.304 e. The van der Waals surface area contributed by atoms with Crippen LogP contribution in [-0.2, 0) is 0 Å². The average Bonchev–Trinajstić information content (AvgIpc) is 2.21. The van der Waals surface area contributed by atoms with Crippen molar-refractivity contribution in [3.8, 4) is 0 Å². The van der Waals surface area contributed by atoms with Gasteiger partial charge in [0, 0.05) is 25.4 Å². The minimum atomic E-state index is 0.674. The van der Waals surface area contributed by atoms with Gasteiger partial charge in [0.05, 0.1) is 0 Å². The normalized spacial score (nSPS) is 38.0. The molecule has 2 heterocycles. The zero-order valence-corrected chi connectivity index (χ0v) is 7.40. The van der Waals surface area contributed by atoms with E-state index < -0.39 is 0 Å². The number of rotatable bonds is 1. The lowest BCUT2D eigenvalue weighted by Crippen LogP contribution is -2.59. The zero-order valence-electron chi connectivity index (χ0n) is 7.40. The third kappa shape index (κ3) is 1.95. The molecule has 4 N–H and O–H groups in total. The quantitative estimate of drug-likeness (QED) is 0.399. The maximum Gasteiger partial charge on any atom is 0.0456 e. The number of nitrogens with one attached hydrogen (secondary N) is 4. The Kier molecular flexibility index (Phi) is 2.94. The van der Waals surface area contributed by atoms with Gasteiger partial charge in [-0.25, -0.2) is 0 Å². The fourth-order valence-corrected chi connectivity index (χ4v) is 1.99. The molecule has 0 saturated carbocycles. The van der Waals surface area contributed by atoms with E-state index in [-0.39, 0.29) is 0 Å². The van der Waals surface area contributed by atoms with E-state index in [0.29, 0.717) is 12.1 Å². The van der Waals surface area contributed by atoms with Crippen molar-refractivity contribution in [3.63, 3.8) is 0 Å². The van der Waals surface area contributed by atoms with E-state index in [9.17, 15) is 0 Å². The SMILES string of the molecule is C1CC(C2CCNCN2)NCN1. The smallest absolute Gasteiger partial charge is 0.0456 e. The van der Waals surface area contributed by atoms with Crippen LogP contribution in [0.25, 0.3) is 0 Å². The second kappa shape index (κ2) is 4.18. The first-order valence-corrected chi connectivity index (χ1v) is 4.85. The van der Waals surface area contributed by atoms with E-state index in [1.54, 1.807) is 0 Å². The lowest BCUT2D eigenvalue weighted by atomic mass is 9.99. The number of hydrogen-bond donors (Lipinski definition) is 4. The molecule has 0 amide bonds. The van der Waals surface area contributed by atoms with Crippen LogP contribution in [-0.4, -0.2) is 38.5 Å². The summed E-state index contributed by atoms with van der Waals surface area (Å²) in [7, 11) is 0. The highest BCUT2D eigenvalue weighted by atomic mass is 15.2. The molecule has 0 bridgehead atoms. The summed E-state index contributed by atoms with van der Waals surface area (Å²) < 4.78 is 0. The molecule has 0 spiro atoms. The van der Waals surface area contributed by atoms with Crippen molar-refractivity contribution in [2.24, 2.45) is 0 Å². The first kappa shape index (κ1) is 8.44. The Hall–Kier alpha value is -0.160. The molecule has 2 aliphatic heterocycles. The third-order valence-corrected chi connectivity index (χ3v) is 2.73. The zero-order chi connectivity index (χ0) is 8.23. The van der Waals surface area contributed by atoms with E-state index in [1.165, 1.54) is 12.8 Å². The number of hydrogen-bond acceptors (Lipinski definition) is 4. The lowest BCUT2D eigenvalue weighted by molar-refractivity contribution is 0.265. The van der Waals surface area contributed by atoms with Crippen molar-refractivity contribution in [1.29, 1.82) is 0 Å². The van der Waals surface area contributed by atoms with Gasteiger partial charge in [0.25, 0.3) is 0 Å². The van der Waals surface area contributed by atoms with Crippen molar-refractivity contribution in [2.45, 2.75) is 24.9 Å². The van der Waals surface area contributed by atoms with Gasteiger partial charge in [-0.2, -0.15) is 0 Å². The Balaban J connectivity index is 1.80. The molecular formula is C8H18N4. The summed E-state index contributed by atoms with van der Waals surface area (Å²) in [6.07, 6.45) is 2.50. The average molecular weight is 170 g/mol. The fourth-order valence-electron chi connectivity index (χ4n) is 1.99. The van der Waals surface area contributed by atoms with Gasteiger partial charge < -0.3 is 21.3 Å². The van der Waals surface area contributed by atoms with Gasteiger partial charge in [0.15, 0.2) is 0 Å². The highest BCUT2D eigenvalue weighted by Gasteiger charge is 2.23. The molecule has 0 aromatic heterocycles. The van der Waals surface area contributed by atoms with Gasteiger partial charge in [-0.05, 0) is 25.9 Å². The molecule has 2 rings (SSSR count). The van der Waals surface area contributed by atoms with E-state index in [1.807, 2.05) is 0 Å². The second-order valence-electron chi connectivity index (χ2n) is 3.55. The van der Waals surface area contributed by atoms with Crippen molar-refractivity contribution in [3.05, 3.63) is 0 Å². The fraction of sp³-hybridized carbons (Fsp3) is 1.00. The Morgan fingerprint density at radius 2 is 1.25 bits per heavy atom. The lowest BCUT2D eigenvalue weighted by Gasteiger charge is -2.35.